The van der Waals surface area contributed by atoms with E-state index in [9.17, 15) is 5.11 Å². The summed E-state index contributed by atoms with van der Waals surface area (Å²) in [5, 5.41) is 11.1. The molecule has 0 saturated carbocycles. The first kappa shape index (κ1) is 19.1. The molecule has 1 aliphatic carbocycles. The van der Waals surface area contributed by atoms with Gasteiger partial charge in [-0.25, -0.2) is 0 Å². The van der Waals surface area contributed by atoms with Crippen LogP contribution < -0.4 is 0 Å². The van der Waals surface area contributed by atoms with Crippen LogP contribution in [0.5, 0.6) is 0 Å². The molecular formula is C19H32O3S2. The predicted octanol–water partition coefficient (Wildman–Crippen LogP) is 4.59. The maximum Gasteiger partial charge on any atom is 0.181 e. The number of ether oxygens (including phenoxy) is 2. The summed E-state index contributed by atoms with van der Waals surface area (Å²) in [5.74, 6) is 2.35. The fourth-order valence-electron chi connectivity index (χ4n) is 3.97. The zero-order valence-corrected chi connectivity index (χ0v) is 17.1. The highest BCUT2D eigenvalue weighted by Gasteiger charge is 2.53. The van der Waals surface area contributed by atoms with Crippen molar-refractivity contribution in [3.05, 3.63) is 11.6 Å². The smallest absolute Gasteiger partial charge is 0.181 e. The Morgan fingerprint density at radius 1 is 1.21 bits per heavy atom. The lowest BCUT2D eigenvalue weighted by Gasteiger charge is -2.52. The Morgan fingerprint density at radius 2 is 1.92 bits per heavy atom. The van der Waals surface area contributed by atoms with Crippen molar-refractivity contribution < 1.29 is 14.6 Å². The van der Waals surface area contributed by atoms with Gasteiger partial charge in [-0.2, -0.15) is 0 Å². The van der Waals surface area contributed by atoms with Gasteiger partial charge in [-0.3, -0.25) is 0 Å². The van der Waals surface area contributed by atoms with Crippen LogP contribution in [0.3, 0.4) is 0 Å². The number of hydrogen-bond donors (Lipinski definition) is 1. The molecule has 3 aliphatic rings. The van der Waals surface area contributed by atoms with Gasteiger partial charge in [0.05, 0.1) is 5.60 Å². The number of methoxy groups -OCH3 is 1. The van der Waals surface area contributed by atoms with Crippen molar-refractivity contribution in [2.75, 3.05) is 18.6 Å². The van der Waals surface area contributed by atoms with E-state index in [0.717, 1.165) is 37.7 Å². The Labute approximate surface area is 155 Å². The minimum Gasteiger partial charge on any atom is -0.386 e. The third-order valence-electron chi connectivity index (χ3n) is 5.84. The number of hydrogen-bond acceptors (Lipinski definition) is 5. The van der Waals surface area contributed by atoms with Crippen LogP contribution in [0, 0.1) is 5.41 Å². The van der Waals surface area contributed by atoms with Crippen molar-refractivity contribution in [3.63, 3.8) is 0 Å². The van der Waals surface area contributed by atoms with Gasteiger partial charge in [-0.05, 0) is 67.9 Å². The van der Waals surface area contributed by atoms with Gasteiger partial charge in [0, 0.05) is 7.11 Å². The summed E-state index contributed by atoms with van der Waals surface area (Å²) in [7, 11) is 1.74. The molecular weight excluding hydrogens is 340 g/mol. The number of allylic oxidation sites excluding steroid dienone is 1. The Balaban J connectivity index is 1.73. The van der Waals surface area contributed by atoms with Gasteiger partial charge in [0.1, 0.15) is 10.2 Å². The van der Waals surface area contributed by atoms with E-state index in [1.165, 1.54) is 17.9 Å². The van der Waals surface area contributed by atoms with Crippen LogP contribution in [0.25, 0.3) is 0 Å². The van der Waals surface area contributed by atoms with E-state index in [0.29, 0.717) is 5.41 Å². The standard InChI is InChI=1S/C19H32O3S2/c1-17(2)8-6-14(7-9-17)15(20)18(3)10-11-19(16(21-4)22-18)23-12-5-13-24-19/h6,15-16,20H,5,7-13H2,1-4H3/t15-,16-,18-/m0/s1. The summed E-state index contributed by atoms with van der Waals surface area (Å²) in [6, 6.07) is 0. The molecule has 1 spiro atoms. The molecule has 138 valence electrons. The fourth-order valence-corrected chi connectivity index (χ4v) is 7.31. The Morgan fingerprint density at radius 3 is 2.50 bits per heavy atom. The molecule has 2 heterocycles. The number of aliphatic hydroxyl groups excluding tert-OH is 1. The third-order valence-corrected chi connectivity index (χ3v) is 9.30. The molecule has 5 heteroatoms. The van der Waals surface area contributed by atoms with E-state index in [2.05, 4.69) is 26.8 Å². The molecule has 2 saturated heterocycles. The quantitative estimate of drug-likeness (QED) is 0.734. The van der Waals surface area contributed by atoms with Crippen LogP contribution in [0.1, 0.15) is 59.3 Å². The van der Waals surface area contributed by atoms with Crippen molar-refractivity contribution in [2.24, 2.45) is 5.41 Å². The van der Waals surface area contributed by atoms with E-state index >= 15 is 0 Å². The highest BCUT2D eigenvalue weighted by atomic mass is 32.2. The normalized spacial score (nSPS) is 37.0. The molecule has 2 aliphatic heterocycles. The molecule has 24 heavy (non-hydrogen) atoms. The van der Waals surface area contributed by atoms with Gasteiger partial charge < -0.3 is 14.6 Å². The van der Waals surface area contributed by atoms with Gasteiger partial charge >= 0.3 is 0 Å². The number of aliphatic hydroxyl groups is 1. The summed E-state index contributed by atoms with van der Waals surface area (Å²) in [6.07, 6.45) is 7.80. The molecule has 0 amide bonds. The van der Waals surface area contributed by atoms with Crippen LogP contribution in [0.2, 0.25) is 0 Å². The zero-order valence-electron chi connectivity index (χ0n) is 15.5. The van der Waals surface area contributed by atoms with Crippen LogP contribution in [0.4, 0.5) is 0 Å². The van der Waals surface area contributed by atoms with Crippen molar-refractivity contribution >= 4 is 23.5 Å². The third kappa shape index (κ3) is 3.71. The maximum atomic E-state index is 11.1. The first-order valence-corrected chi connectivity index (χ1v) is 11.1. The average Bonchev–Trinajstić information content (AvgIpc) is 2.58. The van der Waals surface area contributed by atoms with Gasteiger partial charge in [-0.15, -0.1) is 23.5 Å². The fraction of sp³-hybridized carbons (Fsp3) is 0.895. The summed E-state index contributed by atoms with van der Waals surface area (Å²) in [4.78, 5) is 0. The van der Waals surface area contributed by atoms with Crippen molar-refractivity contribution in [2.45, 2.75) is 81.4 Å². The van der Waals surface area contributed by atoms with Crippen molar-refractivity contribution in [1.82, 2.24) is 0 Å². The van der Waals surface area contributed by atoms with Crippen LogP contribution in [0.15, 0.2) is 11.6 Å². The molecule has 3 atom stereocenters. The second-order valence-electron chi connectivity index (χ2n) is 8.41. The highest BCUT2D eigenvalue weighted by molar-refractivity contribution is 8.18. The van der Waals surface area contributed by atoms with Gasteiger partial charge in [0.15, 0.2) is 6.29 Å². The van der Waals surface area contributed by atoms with Crippen molar-refractivity contribution in [3.8, 4) is 0 Å². The molecule has 0 aromatic carbocycles. The minimum absolute atomic E-state index is 0.00909. The van der Waals surface area contributed by atoms with Crippen LogP contribution in [-0.4, -0.2) is 45.8 Å². The maximum absolute atomic E-state index is 11.1. The Kier molecular flexibility index (Phi) is 5.68. The summed E-state index contributed by atoms with van der Waals surface area (Å²) < 4.78 is 12.2. The highest BCUT2D eigenvalue weighted by Crippen LogP contribution is 2.54. The Bertz CT molecular complexity index is 485. The molecule has 0 aromatic rings. The molecule has 2 fully saturated rings. The van der Waals surface area contributed by atoms with Gasteiger partial charge in [0.2, 0.25) is 0 Å². The van der Waals surface area contributed by atoms with Crippen molar-refractivity contribution in [1.29, 1.82) is 0 Å². The van der Waals surface area contributed by atoms with Crippen LogP contribution in [-0.2, 0) is 9.47 Å². The lowest BCUT2D eigenvalue weighted by atomic mass is 9.74. The number of thioether (sulfide) groups is 2. The van der Waals surface area contributed by atoms with E-state index in [1.54, 1.807) is 7.11 Å². The van der Waals surface area contributed by atoms with E-state index in [-0.39, 0.29) is 10.4 Å². The first-order chi connectivity index (χ1) is 11.3. The Hall–Kier alpha value is 0.320. The molecule has 1 N–H and O–H groups in total. The van der Waals surface area contributed by atoms with Gasteiger partial charge in [0.25, 0.3) is 0 Å². The molecule has 0 radical (unpaired) electrons. The lowest BCUT2D eigenvalue weighted by molar-refractivity contribution is -0.245. The zero-order chi connectivity index (χ0) is 17.4. The van der Waals surface area contributed by atoms with E-state index < -0.39 is 11.7 Å². The SMILES string of the molecule is CO[C@H]1O[C@](C)([C@@H](O)C2=CCC(C)(C)CC2)CCC12SCCCS2. The second kappa shape index (κ2) is 7.15. The molecule has 0 bridgehead atoms. The summed E-state index contributed by atoms with van der Waals surface area (Å²) in [6.45, 7) is 6.66. The van der Waals surface area contributed by atoms with Crippen LogP contribution >= 0.6 is 23.5 Å². The summed E-state index contributed by atoms with van der Waals surface area (Å²) in [5.41, 5.74) is 0.968. The largest absolute Gasteiger partial charge is 0.386 e. The average molecular weight is 373 g/mol. The molecule has 0 aromatic heterocycles. The molecule has 3 nitrogen and oxygen atoms in total. The second-order valence-corrected chi connectivity index (χ2v) is 11.5. The number of rotatable bonds is 3. The van der Waals surface area contributed by atoms with Gasteiger partial charge in [-0.1, -0.05) is 19.9 Å². The van der Waals surface area contributed by atoms with E-state index in [1.807, 2.05) is 23.5 Å². The molecule has 3 rings (SSSR count). The topological polar surface area (TPSA) is 38.7 Å². The first-order valence-electron chi connectivity index (χ1n) is 9.16. The predicted molar refractivity (Wildman–Crippen MR) is 104 cm³/mol. The molecule has 0 unspecified atom stereocenters. The van der Waals surface area contributed by atoms with E-state index in [4.69, 9.17) is 9.47 Å². The summed E-state index contributed by atoms with van der Waals surface area (Å²) >= 11 is 3.97. The monoisotopic (exact) mass is 372 g/mol. The minimum atomic E-state index is -0.544. The lowest BCUT2D eigenvalue weighted by Crippen LogP contribution is -2.57.